The van der Waals surface area contributed by atoms with Crippen LogP contribution in [0.3, 0.4) is 0 Å². The largest absolute Gasteiger partial charge is 0.389 e. The Morgan fingerprint density at radius 1 is 1.29 bits per heavy atom. The van der Waals surface area contributed by atoms with Gasteiger partial charge in [-0.1, -0.05) is 18.6 Å². The molecular weight excluding hydrogens is 330 g/mol. The van der Waals surface area contributed by atoms with E-state index in [0.717, 1.165) is 24.8 Å². The second kappa shape index (κ2) is 6.46. The van der Waals surface area contributed by atoms with Crippen molar-refractivity contribution in [2.24, 2.45) is 0 Å². The summed E-state index contributed by atoms with van der Waals surface area (Å²) >= 11 is 0. The fourth-order valence-corrected chi connectivity index (χ4v) is 4.03. The van der Waals surface area contributed by atoms with E-state index >= 15 is 0 Å². The molecule has 0 spiro atoms. The van der Waals surface area contributed by atoms with E-state index in [1.807, 2.05) is 0 Å². The molecule has 1 saturated carbocycles. The minimum atomic E-state index is -3.25. The van der Waals surface area contributed by atoms with Gasteiger partial charge in [0.15, 0.2) is 9.84 Å². The van der Waals surface area contributed by atoms with E-state index in [1.165, 1.54) is 6.26 Å². The summed E-state index contributed by atoms with van der Waals surface area (Å²) in [6.45, 7) is 0.763. The van der Waals surface area contributed by atoms with Gasteiger partial charge in [0.1, 0.15) is 0 Å². The maximum Gasteiger partial charge on any atom is 0.230 e. The third-order valence-electron chi connectivity index (χ3n) is 5.12. The van der Waals surface area contributed by atoms with E-state index in [-0.39, 0.29) is 23.5 Å². The van der Waals surface area contributed by atoms with E-state index in [0.29, 0.717) is 13.0 Å². The molecule has 0 aromatic heterocycles. The maximum absolute atomic E-state index is 12.9. The van der Waals surface area contributed by atoms with Crippen molar-refractivity contribution >= 4 is 15.7 Å². The molecule has 1 aliphatic heterocycles. The molecule has 2 N–H and O–H groups in total. The van der Waals surface area contributed by atoms with Gasteiger partial charge in [-0.05, 0) is 37.0 Å². The van der Waals surface area contributed by atoms with Crippen LogP contribution in [0.2, 0.25) is 0 Å². The molecule has 7 heteroatoms. The van der Waals surface area contributed by atoms with Crippen LogP contribution in [0.15, 0.2) is 29.2 Å². The molecule has 0 bridgehead atoms. The fourth-order valence-electron chi connectivity index (χ4n) is 3.40. The predicted molar refractivity (Wildman–Crippen MR) is 88.5 cm³/mol. The summed E-state index contributed by atoms with van der Waals surface area (Å²) in [7, 11) is -3.25. The molecule has 3 rings (SSSR count). The topological polar surface area (TPSA) is 92.7 Å². The summed E-state index contributed by atoms with van der Waals surface area (Å²) in [4.78, 5) is 13.1. The summed E-state index contributed by atoms with van der Waals surface area (Å²) in [5, 5.41) is 12.9. The van der Waals surface area contributed by atoms with Crippen LogP contribution in [-0.4, -0.2) is 51.0 Å². The first-order valence-electron chi connectivity index (χ1n) is 8.20. The molecule has 1 aromatic rings. The summed E-state index contributed by atoms with van der Waals surface area (Å²) < 4.78 is 28.4. The van der Waals surface area contributed by atoms with Gasteiger partial charge in [-0.15, -0.1) is 0 Å². The Labute approximate surface area is 142 Å². The highest BCUT2D eigenvalue weighted by Crippen LogP contribution is 2.44. The molecule has 6 nitrogen and oxygen atoms in total. The Hall–Kier alpha value is -1.44. The van der Waals surface area contributed by atoms with Crippen LogP contribution < -0.4 is 5.32 Å². The lowest BCUT2D eigenvalue weighted by Gasteiger charge is -2.42. The molecule has 1 heterocycles. The van der Waals surface area contributed by atoms with Crippen molar-refractivity contribution in [3.8, 4) is 0 Å². The van der Waals surface area contributed by atoms with Crippen LogP contribution in [0.25, 0.3) is 0 Å². The van der Waals surface area contributed by atoms with Gasteiger partial charge in [-0.2, -0.15) is 0 Å². The van der Waals surface area contributed by atoms with Crippen LogP contribution >= 0.6 is 0 Å². The average Bonchev–Trinajstić information content (AvgIpc) is 2.48. The molecule has 1 amide bonds. The molecule has 132 valence electrons. The third kappa shape index (κ3) is 3.20. The van der Waals surface area contributed by atoms with Crippen LogP contribution in [0.4, 0.5) is 0 Å². The number of carbonyl (C=O) groups excluding carboxylic acids is 1. The summed E-state index contributed by atoms with van der Waals surface area (Å²) in [5.74, 6) is -0.0909. The number of amides is 1. The number of hydrogen-bond donors (Lipinski definition) is 2. The average molecular weight is 353 g/mol. The van der Waals surface area contributed by atoms with Crippen molar-refractivity contribution in [2.45, 2.75) is 48.1 Å². The minimum Gasteiger partial charge on any atom is -0.389 e. The van der Waals surface area contributed by atoms with E-state index in [1.54, 1.807) is 24.3 Å². The van der Waals surface area contributed by atoms with Crippen LogP contribution in [0.1, 0.15) is 31.2 Å². The molecule has 1 aromatic carbocycles. The van der Waals surface area contributed by atoms with Gasteiger partial charge in [-0.3, -0.25) is 4.79 Å². The van der Waals surface area contributed by atoms with Crippen molar-refractivity contribution in [3.05, 3.63) is 29.8 Å². The number of hydrogen-bond acceptors (Lipinski definition) is 5. The van der Waals surface area contributed by atoms with Gasteiger partial charge in [0.2, 0.25) is 5.91 Å². The molecule has 2 aliphatic rings. The van der Waals surface area contributed by atoms with Crippen molar-refractivity contribution in [1.29, 1.82) is 0 Å². The Kier molecular flexibility index (Phi) is 4.68. The van der Waals surface area contributed by atoms with Gasteiger partial charge in [-0.25, -0.2) is 8.42 Å². The molecule has 2 fully saturated rings. The number of ether oxygens (including phenoxy) is 1. The number of aliphatic hydroxyl groups excluding tert-OH is 1. The van der Waals surface area contributed by atoms with Gasteiger partial charge >= 0.3 is 0 Å². The monoisotopic (exact) mass is 353 g/mol. The second-order valence-electron chi connectivity index (χ2n) is 6.74. The van der Waals surface area contributed by atoms with E-state index in [4.69, 9.17) is 4.74 Å². The number of nitrogens with one attached hydrogen (secondary N) is 1. The Balaban J connectivity index is 1.79. The first kappa shape index (κ1) is 17.4. The van der Waals surface area contributed by atoms with Crippen LogP contribution in [-0.2, 0) is 24.8 Å². The quantitative estimate of drug-likeness (QED) is 0.834. The number of carbonyl (C=O) groups is 1. The molecule has 24 heavy (non-hydrogen) atoms. The van der Waals surface area contributed by atoms with Crippen molar-refractivity contribution in [1.82, 2.24) is 5.32 Å². The van der Waals surface area contributed by atoms with Gasteiger partial charge in [0.25, 0.3) is 0 Å². The zero-order valence-electron chi connectivity index (χ0n) is 13.7. The summed E-state index contributed by atoms with van der Waals surface area (Å²) in [5.41, 5.74) is 0.217. The Morgan fingerprint density at radius 2 is 1.96 bits per heavy atom. The van der Waals surface area contributed by atoms with E-state index in [9.17, 15) is 18.3 Å². The van der Waals surface area contributed by atoms with Crippen LogP contribution in [0, 0.1) is 0 Å². The standard InChI is InChI=1S/C17H23NO5S/c1-24(21,22)13-5-3-12(4-6-13)17(8-2-9-17)16(20)18-14-7-10-23-11-15(14)19/h3-6,14-15,19H,2,7-11H2,1H3,(H,18,20)/t14-,15-/m1/s1. The second-order valence-corrected chi connectivity index (χ2v) is 8.76. The minimum absolute atomic E-state index is 0.0909. The highest BCUT2D eigenvalue weighted by molar-refractivity contribution is 7.90. The van der Waals surface area contributed by atoms with Crippen molar-refractivity contribution in [2.75, 3.05) is 19.5 Å². The van der Waals surface area contributed by atoms with E-state index in [2.05, 4.69) is 5.32 Å². The number of rotatable bonds is 4. The predicted octanol–water partition coefficient (Wildman–Crippen LogP) is 0.778. The molecule has 0 unspecified atom stereocenters. The number of sulfone groups is 1. The molecule has 1 aliphatic carbocycles. The normalized spacial score (nSPS) is 26.4. The zero-order chi connectivity index (χ0) is 17.4. The SMILES string of the molecule is CS(=O)(=O)c1ccc(C2(C(=O)N[C@@H]3CCOC[C@H]3O)CCC2)cc1. The van der Waals surface area contributed by atoms with Gasteiger partial charge < -0.3 is 15.2 Å². The molecular formula is C17H23NO5S. The first-order valence-corrected chi connectivity index (χ1v) is 10.1. The maximum atomic E-state index is 12.9. The highest BCUT2D eigenvalue weighted by atomic mass is 32.2. The fraction of sp³-hybridized carbons (Fsp3) is 0.588. The number of aliphatic hydroxyl groups is 1. The summed E-state index contributed by atoms with van der Waals surface area (Å²) in [6, 6.07) is 6.28. The number of benzene rings is 1. The van der Waals surface area contributed by atoms with Gasteiger partial charge in [0.05, 0.1) is 29.1 Å². The highest BCUT2D eigenvalue weighted by Gasteiger charge is 2.46. The molecule has 1 saturated heterocycles. The lowest BCUT2D eigenvalue weighted by atomic mass is 9.63. The third-order valence-corrected chi connectivity index (χ3v) is 6.25. The lowest BCUT2D eigenvalue weighted by Crippen LogP contribution is -2.56. The van der Waals surface area contributed by atoms with Crippen LogP contribution in [0.5, 0.6) is 0 Å². The lowest BCUT2D eigenvalue weighted by molar-refractivity contribution is -0.133. The molecule has 0 radical (unpaired) electrons. The Morgan fingerprint density at radius 3 is 2.46 bits per heavy atom. The van der Waals surface area contributed by atoms with Crippen molar-refractivity contribution in [3.63, 3.8) is 0 Å². The summed E-state index contributed by atoms with van der Waals surface area (Å²) in [6.07, 6.45) is 3.49. The first-order chi connectivity index (χ1) is 11.3. The smallest absolute Gasteiger partial charge is 0.230 e. The van der Waals surface area contributed by atoms with Crippen molar-refractivity contribution < 1.29 is 23.1 Å². The van der Waals surface area contributed by atoms with E-state index < -0.39 is 21.4 Å². The Bertz CT molecular complexity index is 709. The zero-order valence-corrected chi connectivity index (χ0v) is 14.5. The van der Waals surface area contributed by atoms with Gasteiger partial charge in [0, 0.05) is 12.9 Å². The molecule has 2 atom stereocenters.